The molecule has 6 heteroatoms. The Morgan fingerprint density at radius 2 is 1.78 bits per heavy atom. The van der Waals surface area contributed by atoms with Gasteiger partial charge in [-0.25, -0.2) is 0 Å². The summed E-state index contributed by atoms with van der Waals surface area (Å²) >= 11 is 0. The van der Waals surface area contributed by atoms with E-state index in [0.29, 0.717) is 0 Å². The molecule has 5 nitrogen and oxygen atoms in total. The maximum atomic E-state index is 10.2. The summed E-state index contributed by atoms with van der Waals surface area (Å²) in [6.45, 7) is 0.753. The first kappa shape index (κ1) is 19.7. The number of phenols is 1. The van der Waals surface area contributed by atoms with Crippen LogP contribution in [0.1, 0.15) is 10.4 Å². The molecule has 0 aliphatic heterocycles. The fourth-order valence-corrected chi connectivity index (χ4v) is 0.920. The number of rotatable bonds is 3. The molecule has 0 aliphatic rings. The van der Waals surface area contributed by atoms with Gasteiger partial charge in [-0.15, -0.1) is 0 Å². The number of hydrogen-bond acceptors (Lipinski definition) is 4. The van der Waals surface area contributed by atoms with Gasteiger partial charge in [0, 0.05) is 5.56 Å². The Kier molecular flexibility index (Phi) is 10.3. The molecule has 18 heavy (non-hydrogen) atoms. The molecule has 0 fully saturated rings. The first-order chi connectivity index (χ1) is 7.78. The molecule has 1 aromatic rings. The Balaban J connectivity index is 0. The average molecular weight is 263 g/mol. The topological polar surface area (TPSA) is 83.4 Å². The van der Waals surface area contributed by atoms with Crippen LogP contribution in [0.4, 0.5) is 0 Å². The molecule has 0 aliphatic carbocycles. The molecule has 0 atom stereocenters. The first-order valence-electron chi connectivity index (χ1n) is 5.16. The molecule has 0 saturated heterocycles. The van der Waals surface area contributed by atoms with Gasteiger partial charge in [-0.1, -0.05) is 18.7 Å². The third-order valence-electron chi connectivity index (χ3n) is 1.89. The van der Waals surface area contributed by atoms with E-state index in [4.69, 9.17) is 5.11 Å². The molecule has 1 aromatic carbocycles. The van der Waals surface area contributed by atoms with Crippen molar-refractivity contribution in [2.45, 2.75) is 0 Å². The molecule has 0 heterocycles. The molecule has 0 saturated carbocycles. The molecule has 1 N–H and O–H groups in total. The van der Waals surface area contributed by atoms with Crippen molar-refractivity contribution in [2.75, 3.05) is 34.3 Å². The normalized spacial score (nSPS) is 9.78. The van der Waals surface area contributed by atoms with Crippen LogP contribution in [0.25, 0.3) is 0 Å². The molecule has 0 amide bonds. The number of aromatic carboxylic acids is 1. The number of likely N-dealkylation sites (N-methyl/N-ethyl adjacent to an activating group) is 1. The van der Waals surface area contributed by atoms with E-state index >= 15 is 0 Å². The maximum Gasteiger partial charge on any atom is 1.00 e. The summed E-state index contributed by atoms with van der Waals surface area (Å²) in [5.41, 5.74) is -0.178. The molecule has 0 radical (unpaired) electrons. The molecule has 0 unspecified atom stereocenters. The van der Waals surface area contributed by atoms with Crippen LogP contribution in [0.5, 0.6) is 5.75 Å². The number of nitrogens with zero attached hydrogens (tertiary/aromatic N) is 1. The summed E-state index contributed by atoms with van der Waals surface area (Å²) in [5, 5.41) is 28.9. The van der Waals surface area contributed by atoms with Crippen LogP contribution >= 0.6 is 0 Å². The number of para-hydroxylation sites is 1. The first-order valence-corrected chi connectivity index (χ1v) is 5.16. The van der Waals surface area contributed by atoms with Crippen LogP contribution in [0.2, 0.25) is 0 Å². The SMILES string of the molecule is C[N+](C)(C)CC[O-].O=C([O-])c1ccccc1O.[Na+]. The molecule has 0 aromatic heterocycles. The Bertz CT molecular complexity index is 363. The van der Waals surface area contributed by atoms with Gasteiger partial charge in [-0.05, 0) is 12.1 Å². The fourth-order valence-electron chi connectivity index (χ4n) is 0.920. The summed E-state index contributed by atoms with van der Waals surface area (Å²) in [4.78, 5) is 10.2. The molecular formula is C12H18NNaO4. The Hall–Kier alpha value is -0.590. The minimum Gasteiger partial charge on any atom is -0.850 e. The van der Waals surface area contributed by atoms with E-state index in [0.717, 1.165) is 11.0 Å². The van der Waals surface area contributed by atoms with Crippen LogP contribution in [0, 0.1) is 0 Å². The fraction of sp³-hybridized carbons (Fsp3) is 0.417. The van der Waals surface area contributed by atoms with E-state index in [1.54, 1.807) is 6.07 Å². The molecule has 1 rings (SSSR count). The predicted octanol–water partition coefficient (Wildman–Crippen LogP) is -4.19. The Morgan fingerprint density at radius 3 is 2.00 bits per heavy atom. The minimum atomic E-state index is -1.36. The van der Waals surface area contributed by atoms with Crippen LogP contribution in [-0.2, 0) is 0 Å². The van der Waals surface area contributed by atoms with Crippen molar-refractivity contribution in [3.63, 3.8) is 0 Å². The van der Waals surface area contributed by atoms with Gasteiger partial charge in [-0.3, -0.25) is 0 Å². The van der Waals surface area contributed by atoms with E-state index < -0.39 is 5.97 Å². The van der Waals surface area contributed by atoms with Gasteiger partial charge in [0.1, 0.15) is 5.75 Å². The van der Waals surface area contributed by atoms with Gasteiger partial charge in [0.15, 0.2) is 0 Å². The molecular weight excluding hydrogens is 245 g/mol. The molecule has 0 spiro atoms. The zero-order valence-electron chi connectivity index (χ0n) is 11.3. The molecule has 0 bridgehead atoms. The van der Waals surface area contributed by atoms with Crippen LogP contribution < -0.4 is 39.8 Å². The van der Waals surface area contributed by atoms with Gasteiger partial charge in [-0.2, -0.15) is 0 Å². The predicted molar refractivity (Wildman–Crippen MR) is 60.2 cm³/mol. The summed E-state index contributed by atoms with van der Waals surface area (Å²) in [6.07, 6.45) is 0. The summed E-state index contributed by atoms with van der Waals surface area (Å²) < 4.78 is 0.781. The zero-order chi connectivity index (χ0) is 13.5. The van der Waals surface area contributed by atoms with Crippen molar-refractivity contribution < 1.29 is 54.2 Å². The second kappa shape index (κ2) is 9.35. The van der Waals surface area contributed by atoms with E-state index in [9.17, 15) is 15.0 Å². The number of carbonyl (C=O) groups is 1. The van der Waals surface area contributed by atoms with Crippen molar-refractivity contribution >= 4 is 5.97 Å². The maximum absolute atomic E-state index is 10.2. The number of carboxylic acids is 1. The van der Waals surface area contributed by atoms with Crippen molar-refractivity contribution in [2.24, 2.45) is 0 Å². The largest absolute Gasteiger partial charge is 1.00 e. The minimum absolute atomic E-state index is 0. The van der Waals surface area contributed by atoms with Crippen LogP contribution in [-0.4, -0.2) is 49.9 Å². The summed E-state index contributed by atoms with van der Waals surface area (Å²) in [7, 11) is 6.04. The van der Waals surface area contributed by atoms with Gasteiger partial charge in [0.25, 0.3) is 0 Å². The quantitative estimate of drug-likeness (QED) is 0.443. The number of carbonyl (C=O) groups excluding carboxylic acids is 1. The smallest absolute Gasteiger partial charge is 0.850 e. The summed E-state index contributed by atoms with van der Waals surface area (Å²) in [6, 6.07) is 5.64. The van der Waals surface area contributed by atoms with Crippen molar-refractivity contribution in [1.82, 2.24) is 0 Å². The number of aromatic hydroxyl groups is 1. The Morgan fingerprint density at radius 1 is 1.28 bits per heavy atom. The molecule has 96 valence electrons. The zero-order valence-corrected chi connectivity index (χ0v) is 13.3. The van der Waals surface area contributed by atoms with E-state index in [1.165, 1.54) is 18.2 Å². The number of hydrogen-bond donors (Lipinski definition) is 1. The number of carboxylic acid groups (broad SMARTS) is 1. The standard InChI is InChI=1S/C7H6O3.C5H13NO.Na/c8-6-4-2-1-3-5(6)7(9)10;1-6(2,3)4-5-7;/h1-4,8H,(H,9,10);4-5H2,1-3H3;/q;;+1/p-1. The van der Waals surface area contributed by atoms with Gasteiger partial charge in [0.05, 0.1) is 33.7 Å². The average Bonchev–Trinajstić information content (AvgIpc) is 2.16. The monoisotopic (exact) mass is 263 g/mol. The van der Waals surface area contributed by atoms with Gasteiger partial charge in [0.2, 0.25) is 0 Å². The number of benzene rings is 1. The van der Waals surface area contributed by atoms with Crippen molar-refractivity contribution in [3.05, 3.63) is 29.8 Å². The van der Waals surface area contributed by atoms with E-state index in [-0.39, 0.29) is 47.5 Å². The second-order valence-corrected chi connectivity index (χ2v) is 4.52. The van der Waals surface area contributed by atoms with Crippen molar-refractivity contribution in [1.29, 1.82) is 0 Å². The van der Waals surface area contributed by atoms with Gasteiger partial charge >= 0.3 is 29.6 Å². The Labute approximate surface area is 130 Å². The van der Waals surface area contributed by atoms with Crippen molar-refractivity contribution in [3.8, 4) is 5.75 Å². The van der Waals surface area contributed by atoms with Crippen LogP contribution in [0.15, 0.2) is 24.3 Å². The van der Waals surface area contributed by atoms with E-state index in [1.807, 2.05) is 21.1 Å². The second-order valence-electron chi connectivity index (χ2n) is 4.52. The summed E-state index contributed by atoms with van der Waals surface area (Å²) in [5.74, 6) is -1.62. The van der Waals surface area contributed by atoms with Gasteiger partial charge < -0.3 is 24.6 Å². The third kappa shape index (κ3) is 9.44. The van der Waals surface area contributed by atoms with Crippen LogP contribution in [0.3, 0.4) is 0 Å². The number of quaternary nitrogens is 1. The third-order valence-corrected chi connectivity index (χ3v) is 1.89. The van der Waals surface area contributed by atoms with E-state index in [2.05, 4.69) is 0 Å².